The minimum absolute atomic E-state index is 0.156. The van der Waals surface area contributed by atoms with Crippen LogP contribution >= 0.6 is 0 Å². The molecule has 23 heavy (non-hydrogen) atoms. The van der Waals surface area contributed by atoms with Crippen LogP contribution in [0.15, 0.2) is 6.07 Å². The molecule has 7 heteroatoms. The normalized spacial score (nSPS) is 15.7. The summed E-state index contributed by atoms with van der Waals surface area (Å²) in [5.41, 5.74) is 0.408. The van der Waals surface area contributed by atoms with Crippen molar-refractivity contribution in [2.24, 2.45) is 5.92 Å². The molecule has 1 amide bonds. The summed E-state index contributed by atoms with van der Waals surface area (Å²) in [6.45, 7) is 11.7. The van der Waals surface area contributed by atoms with Crippen LogP contribution in [0.1, 0.15) is 30.2 Å². The van der Waals surface area contributed by atoms with Gasteiger partial charge < -0.3 is 15.4 Å². The average molecular weight is 321 g/mol. The largest absolute Gasteiger partial charge is 0.379 e. The number of ether oxygens (including phenoxy) is 1. The highest BCUT2D eigenvalue weighted by atomic mass is 16.5. The number of carbonyl (C=O) groups excluding carboxylic acids is 1. The molecule has 128 valence electrons. The van der Waals surface area contributed by atoms with E-state index in [0.29, 0.717) is 29.8 Å². The van der Waals surface area contributed by atoms with Gasteiger partial charge in [0.05, 0.1) is 13.2 Å². The zero-order chi connectivity index (χ0) is 16.7. The molecule has 2 N–H and O–H groups in total. The Kier molecular flexibility index (Phi) is 6.73. The van der Waals surface area contributed by atoms with Crippen molar-refractivity contribution in [3.63, 3.8) is 0 Å². The third kappa shape index (κ3) is 6.11. The molecule has 7 nitrogen and oxygen atoms in total. The van der Waals surface area contributed by atoms with E-state index in [4.69, 9.17) is 4.74 Å². The fourth-order valence-corrected chi connectivity index (χ4v) is 2.33. The summed E-state index contributed by atoms with van der Waals surface area (Å²) in [4.78, 5) is 23.1. The lowest BCUT2D eigenvalue weighted by atomic mass is 10.2. The molecule has 1 aromatic rings. The Hall–Kier alpha value is -1.73. The summed E-state index contributed by atoms with van der Waals surface area (Å²) in [5.74, 6) is 1.65. The lowest BCUT2D eigenvalue weighted by Gasteiger charge is -2.26. The number of hydrogen-bond donors (Lipinski definition) is 2. The Morgan fingerprint density at radius 1 is 1.35 bits per heavy atom. The van der Waals surface area contributed by atoms with Gasteiger partial charge in [-0.05, 0) is 12.8 Å². The molecule has 0 saturated carbocycles. The third-order valence-electron chi connectivity index (χ3n) is 3.58. The number of nitrogens with one attached hydrogen (secondary N) is 2. The maximum Gasteiger partial charge on any atom is 0.270 e. The Morgan fingerprint density at radius 3 is 2.78 bits per heavy atom. The molecule has 2 rings (SSSR count). The van der Waals surface area contributed by atoms with Crippen LogP contribution < -0.4 is 10.6 Å². The van der Waals surface area contributed by atoms with Crippen molar-refractivity contribution >= 4 is 11.7 Å². The quantitative estimate of drug-likeness (QED) is 0.777. The van der Waals surface area contributed by atoms with Gasteiger partial charge in [-0.3, -0.25) is 9.69 Å². The van der Waals surface area contributed by atoms with Gasteiger partial charge in [0.2, 0.25) is 0 Å². The molecule has 0 radical (unpaired) electrons. The van der Waals surface area contributed by atoms with Gasteiger partial charge in [0, 0.05) is 38.8 Å². The number of amides is 1. The van der Waals surface area contributed by atoms with Crippen LogP contribution in [0.5, 0.6) is 0 Å². The van der Waals surface area contributed by atoms with Crippen LogP contribution in [-0.2, 0) is 4.74 Å². The lowest BCUT2D eigenvalue weighted by Crippen LogP contribution is -2.41. The van der Waals surface area contributed by atoms with E-state index in [9.17, 15) is 4.79 Å². The SMILES string of the molecule is Cc1nc(NCC(C)C)cc(C(=O)NCCN2CCOCC2)n1. The Balaban J connectivity index is 1.85. The number of morpholine rings is 1. The second kappa shape index (κ2) is 8.79. The van der Waals surface area contributed by atoms with Crippen LogP contribution in [0.25, 0.3) is 0 Å². The molecule has 1 aliphatic rings. The van der Waals surface area contributed by atoms with Crippen LogP contribution in [-0.4, -0.2) is 66.7 Å². The molecule has 2 heterocycles. The average Bonchev–Trinajstić information content (AvgIpc) is 2.53. The van der Waals surface area contributed by atoms with E-state index in [1.54, 1.807) is 13.0 Å². The van der Waals surface area contributed by atoms with Crippen molar-refractivity contribution in [1.82, 2.24) is 20.2 Å². The Morgan fingerprint density at radius 2 is 2.09 bits per heavy atom. The van der Waals surface area contributed by atoms with Crippen molar-refractivity contribution in [2.75, 3.05) is 51.3 Å². The van der Waals surface area contributed by atoms with Gasteiger partial charge in [-0.1, -0.05) is 13.8 Å². The number of rotatable bonds is 7. The van der Waals surface area contributed by atoms with Gasteiger partial charge in [-0.2, -0.15) is 0 Å². The molecule has 0 aromatic carbocycles. The minimum Gasteiger partial charge on any atom is -0.379 e. The number of aryl methyl sites for hydroxylation is 1. The molecule has 0 unspecified atom stereocenters. The second-order valence-electron chi connectivity index (χ2n) is 6.17. The number of aromatic nitrogens is 2. The summed E-state index contributed by atoms with van der Waals surface area (Å²) in [6, 6.07) is 1.71. The fourth-order valence-electron chi connectivity index (χ4n) is 2.33. The summed E-state index contributed by atoms with van der Waals surface area (Å²) in [7, 11) is 0. The highest BCUT2D eigenvalue weighted by Crippen LogP contribution is 2.08. The van der Waals surface area contributed by atoms with Gasteiger partial charge in [0.25, 0.3) is 5.91 Å². The molecule has 0 atom stereocenters. The van der Waals surface area contributed by atoms with Crippen molar-refractivity contribution in [1.29, 1.82) is 0 Å². The van der Waals surface area contributed by atoms with Gasteiger partial charge in [-0.15, -0.1) is 0 Å². The zero-order valence-corrected chi connectivity index (χ0v) is 14.3. The molecule has 0 bridgehead atoms. The second-order valence-corrected chi connectivity index (χ2v) is 6.17. The molecule has 1 saturated heterocycles. The third-order valence-corrected chi connectivity index (χ3v) is 3.58. The summed E-state index contributed by atoms with van der Waals surface area (Å²) >= 11 is 0. The van der Waals surface area contributed by atoms with E-state index >= 15 is 0 Å². The summed E-state index contributed by atoms with van der Waals surface area (Å²) in [6.07, 6.45) is 0. The summed E-state index contributed by atoms with van der Waals surface area (Å²) < 4.78 is 5.31. The van der Waals surface area contributed by atoms with Crippen molar-refractivity contribution in [2.45, 2.75) is 20.8 Å². The van der Waals surface area contributed by atoms with Crippen molar-refractivity contribution in [3.8, 4) is 0 Å². The van der Waals surface area contributed by atoms with Gasteiger partial charge in [-0.25, -0.2) is 9.97 Å². The number of hydrogen-bond acceptors (Lipinski definition) is 6. The van der Waals surface area contributed by atoms with Crippen molar-refractivity contribution < 1.29 is 9.53 Å². The number of anilines is 1. The molecule has 0 spiro atoms. The summed E-state index contributed by atoms with van der Waals surface area (Å²) in [5, 5.41) is 6.16. The van der Waals surface area contributed by atoms with Crippen LogP contribution in [0, 0.1) is 12.8 Å². The van der Waals surface area contributed by atoms with E-state index < -0.39 is 0 Å². The zero-order valence-electron chi connectivity index (χ0n) is 14.3. The van der Waals surface area contributed by atoms with E-state index in [0.717, 1.165) is 39.4 Å². The van der Waals surface area contributed by atoms with E-state index in [2.05, 4.69) is 39.3 Å². The van der Waals surface area contributed by atoms with Gasteiger partial charge >= 0.3 is 0 Å². The van der Waals surface area contributed by atoms with Crippen molar-refractivity contribution in [3.05, 3.63) is 17.6 Å². The number of nitrogens with zero attached hydrogens (tertiary/aromatic N) is 3. The first-order valence-electron chi connectivity index (χ1n) is 8.22. The minimum atomic E-state index is -0.156. The Bertz CT molecular complexity index is 515. The molecular formula is C16H27N5O2. The highest BCUT2D eigenvalue weighted by Gasteiger charge is 2.13. The maximum atomic E-state index is 12.3. The monoisotopic (exact) mass is 321 g/mol. The Labute approximate surface area is 137 Å². The van der Waals surface area contributed by atoms with Crippen LogP contribution in [0.4, 0.5) is 5.82 Å². The number of carbonyl (C=O) groups is 1. The van der Waals surface area contributed by atoms with E-state index in [1.165, 1.54) is 0 Å². The topological polar surface area (TPSA) is 79.4 Å². The standard InChI is InChI=1S/C16H27N5O2/c1-12(2)11-18-15-10-14(19-13(3)20-15)16(22)17-4-5-21-6-8-23-9-7-21/h10,12H,4-9,11H2,1-3H3,(H,17,22)(H,18,19,20). The first kappa shape index (κ1) is 17.6. The fraction of sp³-hybridized carbons (Fsp3) is 0.688. The van der Waals surface area contributed by atoms with Gasteiger partial charge in [0.15, 0.2) is 0 Å². The molecular weight excluding hydrogens is 294 g/mol. The van der Waals surface area contributed by atoms with Gasteiger partial charge in [0.1, 0.15) is 17.3 Å². The molecule has 1 fully saturated rings. The van der Waals surface area contributed by atoms with E-state index in [-0.39, 0.29) is 5.91 Å². The maximum absolute atomic E-state index is 12.3. The molecule has 1 aromatic heterocycles. The van der Waals surface area contributed by atoms with Crippen LogP contribution in [0.2, 0.25) is 0 Å². The smallest absolute Gasteiger partial charge is 0.270 e. The predicted molar refractivity (Wildman–Crippen MR) is 89.7 cm³/mol. The molecule has 0 aliphatic carbocycles. The predicted octanol–water partition coefficient (Wildman–Crippen LogP) is 0.915. The first-order chi connectivity index (χ1) is 11.0. The molecule has 1 aliphatic heterocycles. The lowest BCUT2D eigenvalue weighted by molar-refractivity contribution is 0.0383. The van der Waals surface area contributed by atoms with Crippen LogP contribution in [0.3, 0.4) is 0 Å². The first-order valence-corrected chi connectivity index (χ1v) is 8.22. The van der Waals surface area contributed by atoms with E-state index in [1.807, 2.05) is 0 Å². The highest BCUT2D eigenvalue weighted by molar-refractivity contribution is 5.92.